The third-order valence-corrected chi connectivity index (χ3v) is 4.53. The number of quaternary nitrogens is 1. The SMILES string of the molecule is C=CC[N+](C)(CC=C)CC=C(CCCCCCCCCC)C(N)=O. The van der Waals surface area contributed by atoms with Gasteiger partial charge in [0.05, 0.1) is 26.7 Å². The van der Waals surface area contributed by atoms with Crippen molar-refractivity contribution in [1.29, 1.82) is 0 Å². The molecule has 24 heavy (non-hydrogen) atoms. The second-order valence-corrected chi connectivity index (χ2v) is 7.06. The van der Waals surface area contributed by atoms with Crippen LogP contribution in [0.1, 0.15) is 64.7 Å². The van der Waals surface area contributed by atoms with E-state index in [2.05, 4.69) is 27.1 Å². The van der Waals surface area contributed by atoms with Crippen LogP contribution in [0.2, 0.25) is 0 Å². The molecule has 1 amide bonds. The Morgan fingerprint density at radius 2 is 1.42 bits per heavy atom. The molecule has 0 aliphatic rings. The number of carbonyl (C=O) groups is 1. The zero-order chi connectivity index (χ0) is 18.3. The van der Waals surface area contributed by atoms with E-state index in [0.717, 1.165) is 42.5 Å². The lowest BCUT2D eigenvalue weighted by molar-refractivity contribution is -0.892. The predicted octanol–water partition coefficient (Wildman–Crippen LogP) is 4.75. The van der Waals surface area contributed by atoms with Crippen LogP contribution in [-0.2, 0) is 4.79 Å². The van der Waals surface area contributed by atoms with Gasteiger partial charge in [0.25, 0.3) is 0 Å². The third-order valence-electron chi connectivity index (χ3n) is 4.53. The van der Waals surface area contributed by atoms with Gasteiger partial charge in [-0.05, 0) is 31.1 Å². The molecule has 0 aromatic rings. The van der Waals surface area contributed by atoms with E-state index in [0.29, 0.717) is 0 Å². The summed E-state index contributed by atoms with van der Waals surface area (Å²) in [7, 11) is 2.15. The fourth-order valence-electron chi connectivity index (χ4n) is 2.95. The standard InChI is InChI=1S/C21H38N2O/c1-5-8-9-10-11-12-13-14-15-20(21(22)24)16-19-23(4,17-6-2)18-7-3/h6-7,16H,2-3,5,8-15,17-19H2,1,4H3,(H-,22,24)/p+1. The van der Waals surface area contributed by atoms with E-state index in [4.69, 9.17) is 5.73 Å². The number of amides is 1. The van der Waals surface area contributed by atoms with Crippen molar-refractivity contribution in [3.05, 3.63) is 37.0 Å². The van der Waals surface area contributed by atoms with Gasteiger partial charge >= 0.3 is 0 Å². The fourth-order valence-corrected chi connectivity index (χ4v) is 2.95. The number of likely N-dealkylation sites (N-methyl/N-ethyl adjacent to an activating group) is 1. The van der Waals surface area contributed by atoms with E-state index in [9.17, 15) is 4.79 Å². The number of hydrogen-bond acceptors (Lipinski definition) is 1. The summed E-state index contributed by atoms with van der Waals surface area (Å²) in [6, 6.07) is 0. The minimum Gasteiger partial charge on any atom is -0.366 e. The molecule has 0 aromatic heterocycles. The minimum absolute atomic E-state index is 0.276. The Morgan fingerprint density at radius 3 is 1.88 bits per heavy atom. The molecule has 0 fully saturated rings. The maximum atomic E-state index is 11.7. The highest BCUT2D eigenvalue weighted by Crippen LogP contribution is 2.14. The topological polar surface area (TPSA) is 43.1 Å². The summed E-state index contributed by atoms with van der Waals surface area (Å²) >= 11 is 0. The van der Waals surface area contributed by atoms with Crippen molar-refractivity contribution >= 4 is 5.91 Å². The normalized spacial score (nSPS) is 12.2. The Hall–Kier alpha value is -1.35. The average Bonchev–Trinajstić information content (AvgIpc) is 2.52. The molecule has 0 saturated carbocycles. The summed E-state index contributed by atoms with van der Waals surface area (Å²) in [6.07, 6.45) is 16.8. The molecule has 0 aromatic carbocycles. The van der Waals surface area contributed by atoms with Crippen LogP contribution < -0.4 is 5.73 Å². The van der Waals surface area contributed by atoms with Crippen molar-refractivity contribution in [3.8, 4) is 0 Å². The number of nitrogens with two attached hydrogens (primary N) is 1. The van der Waals surface area contributed by atoms with Crippen LogP contribution in [-0.4, -0.2) is 37.1 Å². The van der Waals surface area contributed by atoms with E-state index >= 15 is 0 Å². The first-order valence-electron chi connectivity index (χ1n) is 9.53. The molecule has 0 spiro atoms. The first kappa shape index (κ1) is 22.6. The van der Waals surface area contributed by atoms with E-state index in [1.54, 1.807) is 0 Å². The van der Waals surface area contributed by atoms with Gasteiger partial charge in [-0.15, -0.1) is 0 Å². The Labute approximate surface area is 149 Å². The first-order valence-corrected chi connectivity index (χ1v) is 9.53. The molecule has 3 nitrogen and oxygen atoms in total. The summed E-state index contributed by atoms with van der Waals surface area (Å²) in [5, 5.41) is 0. The molecule has 0 aliphatic heterocycles. The Kier molecular flexibility index (Phi) is 13.2. The lowest BCUT2D eigenvalue weighted by Gasteiger charge is -2.31. The lowest BCUT2D eigenvalue weighted by Crippen LogP contribution is -2.44. The highest BCUT2D eigenvalue weighted by atomic mass is 16.1. The van der Waals surface area contributed by atoms with E-state index in [1.807, 2.05) is 18.2 Å². The third kappa shape index (κ3) is 11.2. The van der Waals surface area contributed by atoms with Crippen LogP contribution in [0.15, 0.2) is 37.0 Å². The number of hydrogen-bond donors (Lipinski definition) is 1. The molecule has 0 saturated heterocycles. The molecule has 0 bridgehead atoms. The zero-order valence-electron chi connectivity index (χ0n) is 16.1. The summed E-state index contributed by atoms with van der Waals surface area (Å²) in [6.45, 7) is 12.4. The molecule has 138 valence electrons. The number of rotatable bonds is 16. The molecule has 3 heteroatoms. The van der Waals surface area contributed by atoms with Crippen LogP contribution in [0, 0.1) is 0 Å². The van der Waals surface area contributed by atoms with Crippen molar-refractivity contribution in [2.24, 2.45) is 5.73 Å². The highest BCUT2D eigenvalue weighted by molar-refractivity contribution is 5.91. The van der Waals surface area contributed by atoms with Gasteiger partial charge in [0.2, 0.25) is 5.91 Å². The molecule has 2 N–H and O–H groups in total. The van der Waals surface area contributed by atoms with Gasteiger partial charge in [0, 0.05) is 5.57 Å². The Bertz CT molecular complexity index is 389. The molecular formula is C21H39N2O+. The van der Waals surface area contributed by atoms with Gasteiger partial charge in [-0.25, -0.2) is 0 Å². The molecule has 0 heterocycles. The summed E-state index contributed by atoms with van der Waals surface area (Å²) in [4.78, 5) is 11.7. The number of unbranched alkanes of at least 4 members (excludes halogenated alkanes) is 7. The molecule has 0 rings (SSSR count). The van der Waals surface area contributed by atoms with Crippen LogP contribution in [0.25, 0.3) is 0 Å². The number of carbonyl (C=O) groups excluding carboxylic acids is 1. The smallest absolute Gasteiger partial charge is 0.244 e. The maximum Gasteiger partial charge on any atom is 0.244 e. The summed E-state index contributed by atoms with van der Waals surface area (Å²) < 4.78 is 0.779. The van der Waals surface area contributed by atoms with Crippen molar-refractivity contribution in [3.63, 3.8) is 0 Å². The summed E-state index contributed by atoms with van der Waals surface area (Å²) in [5.41, 5.74) is 6.33. The van der Waals surface area contributed by atoms with Gasteiger partial charge in [0.15, 0.2) is 0 Å². The molecule has 0 unspecified atom stereocenters. The van der Waals surface area contributed by atoms with Gasteiger partial charge in [-0.3, -0.25) is 4.79 Å². The van der Waals surface area contributed by atoms with Gasteiger partial charge in [0.1, 0.15) is 0 Å². The van der Waals surface area contributed by atoms with Crippen LogP contribution in [0.3, 0.4) is 0 Å². The van der Waals surface area contributed by atoms with Crippen LogP contribution in [0.4, 0.5) is 0 Å². The van der Waals surface area contributed by atoms with E-state index < -0.39 is 0 Å². The summed E-state index contributed by atoms with van der Waals surface area (Å²) in [5.74, 6) is -0.276. The van der Waals surface area contributed by atoms with Crippen molar-refractivity contribution in [1.82, 2.24) is 0 Å². The number of nitrogens with zero attached hydrogens (tertiary/aromatic N) is 1. The van der Waals surface area contributed by atoms with Crippen molar-refractivity contribution in [2.45, 2.75) is 64.7 Å². The molecule has 0 radical (unpaired) electrons. The van der Waals surface area contributed by atoms with Gasteiger partial charge in [-0.2, -0.15) is 0 Å². The molecule has 0 aliphatic carbocycles. The van der Waals surface area contributed by atoms with Crippen molar-refractivity contribution in [2.75, 3.05) is 26.7 Å². The monoisotopic (exact) mass is 335 g/mol. The quantitative estimate of drug-likeness (QED) is 0.188. The van der Waals surface area contributed by atoms with E-state index in [-0.39, 0.29) is 5.91 Å². The Balaban J connectivity index is 4.26. The lowest BCUT2D eigenvalue weighted by atomic mass is 10.0. The van der Waals surface area contributed by atoms with Gasteiger partial charge in [-0.1, -0.05) is 65.0 Å². The predicted molar refractivity (Wildman–Crippen MR) is 106 cm³/mol. The first-order chi connectivity index (χ1) is 11.5. The minimum atomic E-state index is -0.276. The van der Waals surface area contributed by atoms with E-state index in [1.165, 1.54) is 44.9 Å². The van der Waals surface area contributed by atoms with Crippen LogP contribution in [0.5, 0.6) is 0 Å². The molecular weight excluding hydrogens is 296 g/mol. The largest absolute Gasteiger partial charge is 0.366 e. The fraction of sp³-hybridized carbons (Fsp3) is 0.667. The highest BCUT2D eigenvalue weighted by Gasteiger charge is 2.17. The Morgan fingerprint density at radius 1 is 0.917 bits per heavy atom. The second-order valence-electron chi connectivity index (χ2n) is 7.06. The maximum absolute atomic E-state index is 11.7. The zero-order valence-corrected chi connectivity index (χ0v) is 16.1. The van der Waals surface area contributed by atoms with Crippen LogP contribution >= 0.6 is 0 Å². The average molecular weight is 336 g/mol. The molecule has 0 atom stereocenters. The van der Waals surface area contributed by atoms with Gasteiger partial charge < -0.3 is 10.2 Å². The second kappa shape index (κ2) is 14.0. The van der Waals surface area contributed by atoms with Crippen molar-refractivity contribution < 1.29 is 9.28 Å². The number of primary amides is 1.